The second kappa shape index (κ2) is 4.66. The van der Waals surface area contributed by atoms with Gasteiger partial charge in [-0.15, -0.1) is 6.04 Å². The molecule has 70 valence electrons. The van der Waals surface area contributed by atoms with Crippen molar-refractivity contribution < 1.29 is 0 Å². The Bertz CT molecular complexity index is 147. The molecule has 0 aliphatic heterocycles. The Morgan fingerprint density at radius 2 is 2.42 bits per heavy atom. The van der Waals surface area contributed by atoms with Crippen LogP contribution in [0.2, 0.25) is 0 Å². The Labute approximate surface area is 76.2 Å². The van der Waals surface area contributed by atoms with E-state index in [0.717, 1.165) is 5.92 Å². The highest BCUT2D eigenvalue weighted by atomic mass is 14.9. The predicted octanol–water partition coefficient (Wildman–Crippen LogP) is 3.51. The minimum absolute atomic E-state index is 0.585. The van der Waals surface area contributed by atoms with E-state index in [1.807, 2.05) is 7.05 Å². The third kappa shape index (κ3) is 2.34. The zero-order valence-corrected chi connectivity index (χ0v) is 8.34. The highest BCUT2D eigenvalue weighted by molar-refractivity contribution is 5.04. The summed E-state index contributed by atoms with van der Waals surface area (Å²) in [6, 6.07) is 0.585. The largest absolute Gasteiger partial charge is 0.662 e. The van der Waals surface area contributed by atoms with E-state index < -0.39 is 0 Å². The summed E-state index contributed by atoms with van der Waals surface area (Å²) in [5.74, 6) is 0.793. The Morgan fingerprint density at radius 3 is 2.92 bits per heavy atom. The van der Waals surface area contributed by atoms with Crippen molar-refractivity contribution in [3.05, 3.63) is 17.5 Å². The summed E-state index contributed by atoms with van der Waals surface area (Å²) in [7, 11) is 1.95. The second-order valence-corrected chi connectivity index (χ2v) is 3.84. The number of nitrogens with zero attached hydrogens (tertiary/aromatic N) is 1. The van der Waals surface area contributed by atoms with Gasteiger partial charge in [0.2, 0.25) is 0 Å². The maximum Gasteiger partial charge on any atom is -0.0308 e. The Kier molecular flexibility index (Phi) is 3.80. The lowest BCUT2D eigenvalue weighted by atomic mass is 9.81. The molecule has 0 radical (unpaired) electrons. The lowest BCUT2D eigenvalue weighted by Gasteiger charge is -2.38. The third-order valence-electron chi connectivity index (χ3n) is 2.95. The Balaban J connectivity index is 2.43. The number of hydrogen-bond acceptors (Lipinski definition) is 0. The fourth-order valence-corrected chi connectivity index (χ4v) is 2.24. The van der Waals surface area contributed by atoms with Gasteiger partial charge in [-0.05, 0) is 19.3 Å². The predicted molar refractivity (Wildman–Crippen MR) is 54.5 cm³/mol. The van der Waals surface area contributed by atoms with Crippen molar-refractivity contribution in [1.29, 1.82) is 0 Å². The van der Waals surface area contributed by atoms with Gasteiger partial charge < -0.3 is 5.32 Å². The molecule has 0 heterocycles. The summed E-state index contributed by atoms with van der Waals surface area (Å²) in [6.07, 6.45) is 6.34. The number of allylic oxidation sites excluding steroid dienone is 1. The molecular formula is C11H20N-. The average Bonchev–Trinajstić information content (AvgIpc) is 2.07. The molecule has 1 nitrogen and oxygen atoms in total. The Hall–Kier alpha value is -0.300. The summed E-state index contributed by atoms with van der Waals surface area (Å²) in [5.41, 5.74) is 1.44. The van der Waals surface area contributed by atoms with Crippen LogP contribution in [0.5, 0.6) is 0 Å². The van der Waals surface area contributed by atoms with Gasteiger partial charge in [0.1, 0.15) is 0 Å². The van der Waals surface area contributed by atoms with Gasteiger partial charge in [-0.25, -0.2) is 0 Å². The fraction of sp³-hybridized carbons (Fsp3) is 0.818. The molecule has 1 saturated carbocycles. The van der Waals surface area contributed by atoms with Gasteiger partial charge in [0.05, 0.1) is 0 Å². The van der Waals surface area contributed by atoms with E-state index in [4.69, 9.17) is 0 Å². The smallest absolute Gasteiger partial charge is 0.0308 e. The second-order valence-electron chi connectivity index (χ2n) is 3.84. The average molecular weight is 166 g/mol. The van der Waals surface area contributed by atoms with Crippen molar-refractivity contribution >= 4 is 0 Å². The minimum Gasteiger partial charge on any atom is -0.662 e. The SMILES string of the molecule is C=C1CCCC([C@@H](CC)[N-]C)C1. The third-order valence-corrected chi connectivity index (χ3v) is 2.95. The molecule has 0 aromatic carbocycles. The molecule has 0 bridgehead atoms. The molecule has 0 spiro atoms. The van der Waals surface area contributed by atoms with Crippen molar-refractivity contribution in [1.82, 2.24) is 0 Å². The molecule has 0 saturated heterocycles. The first-order valence-corrected chi connectivity index (χ1v) is 5.03. The van der Waals surface area contributed by atoms with Crippen LogP contribution in [0.4, 0.5) is 0 Å². The van der Waals surface area contributed by atoms with Gasteiger partial charge in [-0.1, -0.05) is 37.8 Å². The lowest BCUT2D eigenvalue weighted by Crippen LogP contribution is -2.21. The summed E-state index contributed by atoms with van der Waals surface area (Å²) in [4.78, 5) is 0. The molecular weight excluding hydrogens is 146 g/mol. The normalized spacial score (nSPS) is 27.2. The molecule has 2 atom stereocenters. The van der Waals surface area contributed by atoms with Gasteiger partial charge in [0, 0.05) is 0 Å². The maximum absolute atomic E-state index is 4.42. The summed E-state index contributed by atoms with van der Waals surface area (Å²) >= 11 is 0. The zero-order valence-electron chi connectivity index (χ0n) is 8.34. The molecule has 1 unspecified atom stereocenters. The van der Waals surface area contributed by atoms with Crippen LogP contribution in [-0.2, 0) is 0 Å². The van der Waals surface area contributed by atoms with Gasteiger partial charge in [0.25, 0.3) is 0 Å². The maximum atomic E-state index is 4.42. The number of hydrogen-bond donors (Lipinski definition) is 0. The van der Waals surface area contributed by atoms with Crippen LogP contribution >= 0.6 is 0 Å². The molecule has 0 N–H and O–H groups in total. The van der Waals surface area contributed by atoms with E-state index >= 15 is 0 Å². The van der Waals surface area contributed by atoms with Gasteiger partial charge >= 0.3 is 0 Å². The van der Waals surface area contributed by atoms with Crippen molar-refractivity contribution in [3.8, 4) is 0 Å². The van der Waals surface area contributed by atoms with E-state index in [9.17, 15) is 0 Å². The number of rotatable bonds is 3. The molecule has 1 heteroatoms. The molecule has 0 amide bonds. The van der Waals surface area contributed by atoms with Crippen LogP contribution in [0.3, 0.4) is 0 Å². The topological polar surface area (TPSA) is 14.1 Å². The molecule has 1 aliphatic rings. The van der Waals surface area contributed by atoms with Crippen LogP contribution in [0, 0.1) is 5.92 Å². The standard InChI is InChI=1S/C11H20N/c1-4-11(12-3)10-7-5-6-9(2)8-10/h10-11H,2,4-8H2,1,3H3/q-1/t10?,11-/m1/s1. The van der Waals surface area contributed by atoms with E-state index in [1.54, 1.807) is 0 Å². The molecule has 12 heavy (non-hydrogen) atoms. The van der Waals surface area contributed by atoms with Crippen molar-refractivity contribution in [2.75, 3.05) is 7.05 Å². The molecule has 1 fully saturated rings. The van der Waals surface area contributed by atoms with Crippen molar-refractivity contribution in [2.24, 2.45) is 5.92 Å². The minimum atomic E-state index is 0.585. The summed E-state index contributed by atoms with van der Waals surface area (Å²) < 4.78 is 0. The molecule has 0 aromatic heterocycles. The zero-order chi connectivity index (χ0) is 8.97. The first kappa shape index (κ1) is 9.79. The van der Waals surface area contributed by atoms with Crippen LogP contribution in [0.25, 0.3) is 5.32 Å². The first-order chi connectivity index (χ1) is 5.77. The van der Waals surface area contributed by atoms with Crippen LogP contribution in [0.15, 0.2) is 12.2 Å². The summed E-state index contributed by atoms with van der Waals surface area (Å²) in [5, 5.41) is 4.42. The van der Waals surface area contributed by atoms with Gasteiger partial charge in [0.15, 0.2) is 0 Å². The van der Waals surface area contributed by atoms with Crippen LogP contribution < -0.4 is 0 Å². The van der Waals surface area contributed by atoms with Gasteiger partial charge in [-0.3, -0.25) is 0 Å². The van der Waals surface area contributed by atoms with E-state index in [0.29, 0.717) is 6.04 Å². The first-order valence-electron chi connectivity index (χ1n) is 5.03. The summed E-state index contributed by atoms with van der Waals surface area (Å²) in [6.45, 7) is 6.30. The van der Waals surface area contributed by atoms with Crippen molar-refractivity contribution in [2.45, 2.75) is 45.1 Å². The van der Waals surface area contributed by atoms with Crippen LogP contribution in [0.1, 0.15) is 39.0 Å². The van der Waals surface area contributed by atoms with Crippen molar-refractivity contribution in [3.63, 3.8) is 0 Å². The van der Waals surface area contributed by atoms with E-state index in [2.05, 4.69) is 18.8 Å². The lowest BCUT2D eigenvalue weighted by molar-refractivity contribution is 0.366. The highest BCUT2D eigenvalue weighted by Crippen LogP contribution is 2.32. The highest BCUT2D eigenvalue weighted by Gasteiger charge is 2.17. The Morgan fingerprint density at radius 1 is 1.67 bits per heavy atom. The fourth-order valence-electron chi connectivity index (χ4n) is 2.24. The van der Waals surface area contributed by atoms with Gasteiger partial charge in [-0.2, -0.15) is 7.05 Å². The molecule has 0 aromatic rings. The molecule has 1 rings (SSSR count). The van der Waals surface area contributed by atoms with E-state index in [-0.39, 0.29) is 0 Å². The molecule has 1 aliphatic carbocycles. The van der Waals surface area contributed by atoms with E-state index in [1.165, 1.54) is 37.7 Å². The monoisotopic (exact) mass is 166 g/mol. The van der Waals surface area contributed by atoms with Crippen LogP contribution in [-0.4, -0.2) is 13.1 Å². The quantitative estimate of drug-likeness (QED) is 0.570.